The molecule has 0 aliphatic carbocycles. The van der Waals surface area contributed by atoms with Crippen molar-refractivity contribution >= 4 is 5.91 Å². The Morgan fingerprint density at radius 1 is 0.643 bits per heavy atom. The molecule has 5 heteroatoms. The summed E-state index contributed by atoms with van der Waals surface area (Å²) in [6.07, 6.45) is 39.3. The number of hydrogen-bond acceptors (Lipinski definition) is 4. The molecule has 0 aliphatic heterocycles. The molecule has 3 atom stereocenters. The fraction of sp³-hybridized carbons (Fsp3) is 0.757. The molecule has 0 aromatic carbocycles. The molecule has 0 saturated heterocycles. The fourth-order valence-electron chi connectivity index (χ4n) is 4.89. The molecule has 0 rings (SSSR count). The van der Waals surface area contributed by atoms with Gasteiger partial charge in [0.15, 0.2) is 0 Å². The Balaban J connectivity index is 3.90. The van der Waals surface area contributed by atoms with Crippen LogP contribution in [0.15, 0.2) is 48.6 Å². The molecule has 4 N–H and O–H groups in total. The number of allylic oxidation sites excluding steroid dienone is 6. The van der Waals surface area contributed by atoms with E-state index in [0.29, 0.717) is 12.8 Å². The summed E-state index contributed by atoms with van der Waals surface area (Å²) >= 11 is 0. The molecule has 5 nitrogen and oxygen atoms in total. The van der Waals surface area contributed by atoms with Crippen LogP contribution in [0.1, 0.15) is 155 Å². The van der Waals surface area contributed by atoms with Crippen molar-refractivity contribution in [2.75, 3.05) is 6.61 Å². The van der Waals surface area contributed by atoms with E-state index in [-0.39, 0.29) is 18.9 Å². The van der Waals surface area contributed by atoms with Crippen LogP contribution in [0.5, 0.6) is 0 Å². The number of amides is 1. The summed E-state index contributed by atoms with van der Waals surface area (Å²) in [4.78, 5) is 12.3. The Labute approximate surface area is 259 Å². The summed E-state index contributed by atoms with van der Waals surface area (Å²) in [5, 5.41) is 32.9. The van der Waals surface area contributed by atoms with Crippen molar-refractivity contribution in [2.45, 2.75) is 173 Å². The number of aliphatic hydroxyl groups is 3. The van der Waals surface area contributed by atoms with Crippen LogP contribution in [-0.2, 0) is 4.79 Å². The van der Waals surface area contributed by atoms with E-state index in [9.17, 15) is 20.1 Å². The van der Waals surface area contributed by atoms with Gasteiger partial charge in [0.25, 0.3) is 0 Å². The Kier molecular flexibility index (Phi) is 30.9. The number of rotatable bonds is 30. The van der Waals surface area contributed by atoms with Gasteiger partial charge >= 0.3 is 0 Å². The lowest BCUT2D eigenvalue weighted by Crippen LogP contribution is -2.45. The largest absolute Gasteiger partial charge is 0.394 e. The molecule has 42 heavy (non-hydrogen) atoms. The standard InChI is InChI=1S/C37H67NO4/c1-3-5-7-9-11-13-15-17-18-20-22-24-26-29-34(40)30-28-32-37(42)38-35(33-39)36(41)31-27-25-23-21-19-16-14-12-10-8-6-4-2/h17-18,22,24,26-27,29,31,34-36,39-41H,3-16,19-21,23,25,28,30,32-33H2,1-2H3,(H,38,42)/b18-17+,24-22+,29-26+,31-27+/t34?,35-,36+/m0/s1. The maximum absolute atomic E-state index is 12.3. The zero-order chi connectivity index (χ0) is 30.9. The third-order valence-corrected chi connectivity index (χ3v) is 7.66. The van der Waals surface area contributed by atoms with Gasteiger partial charge in [0.05, 0.1) is 24.9 Å². The molecule has 0 spiro atoms. The lowest BCUT2D eigenvalue weighted by Gasteiger charge is -2.20. The third kappa shape index (κ3) is 28.4. The van der Waals surface area contributed by atoms with Gasteiger partial charge in [-0.15, -0.1) is 0 Å². The Morgan fingerprint density at radius 2 is 1.19 bits per heavy atom. The van der Waals surface area contributed by atoms with Crippen LogP contribution in [-0.4, -0.2) is 46.1 Å². The van der Waals surface area contributed by atoms with Gasteiger partial charge in [0, 0.05) is 6.42 Å². The molecule has 0 aliphatic rings. The fourth-order valence-corrected chi connectivity index (χ4v) is 4.89. The number of carbonyl (C=O) groups excluding carboxylic acids is 1. The lowest BCUT2D eigenvalue weighted by atomic mass is 10.1. The summed E-state index contributed by atoms with van der Waals surface area (Å²) in [6, 6.07) is -0.712. The van der Waals surface area contributed by atoms with Crippen molar-refractivity contribution < 1.29 is 20.1 Å². The second kappa shape index (κ2) is 32.2. The molecule has 0 radical (unpaired) electrons. The monoisotopic (exact) mass is 590 g/mol. The van der Waals surface area contributed by atoms with E-state index in [4.69, 9.17) is 0 Å². The molecule has 0 fully saturated rings. The van der Waals surface area contributed by atoms with E-state index < -0.39 is 18.2 Å². The van der Waals surface area contributed by atoms with Crippen LogP contribution < -0.4 is 5.32 Å². The second-order valence-electron chi connectivity index (χ2n) is 11.8. The summed E-state index contributed by atoms with van der Waals surface area (Å²) in [5.41, 5.74) is 0. The minimum absolute atomic E-state index is 0.222. The van der Waals surface area contributed by atoms with Crippen molar-refractivity contribution in [1.29, 1.82) is 0 Å². The van der Waals surface area contributed by atoms with Gasteiger partial charge in [-0.2, -0.15) is 0 Å². The van der Waals surface area contributed by atoms with Gasteiger partial charge in [-0.1, -0.05) is 152 Å². The van der Waals surface area contributed by atoms with E-state index >= 15 is 0 Å². The van der Waals surface area contributed by atoms with E-state index in [1.807, 2.05) is 18.2 Å². The van der Waals surface area contributed by atoms with Crippen molar-refractivity contribution in [3.05, 3.63) is 48.6 Å². The van der Waals surface area contributed by atoms with E-state index in [2.05, 4.69) is 37.4 Å². The van der Waals surface area contributed by atoms with Crippen LogP contribution >= 0.6 is 0 Å². The average molecular weight is 590 g/mol. The van der Waals surface area contributed by atoms with Gasteiger partial charge in [-0.25, -0.2) is 0 Å². The van der Waals surface area contributed by atoms with Gasteiger partial charge in [0.1, 0.15) is 0 Å². The topological polar surface area (TPSA) is 89.8 Å². The normalized spacial score (nSPS) is 14.5. The van der Waals surface area contributed by atoms with Gasteiger partial charge in [0.2, 0.25) is 5.91 Å². The van der Waals surface area contributed by atoms with Crippen molar-refractivity contribution in [2.24, 2.45) is 0 Å². The SMILES string of the molecule is CCCCCCCC/C=C/C/C=C/C=C/C(O)CCCC(=O)N[C@@H](CO)[C@H](O)/C=C/CCCCCCCCCCCC. The molecular formula is C37H67NO4. The van der Waals surface area contributed by atoms with Crippen molar-refractivity contribution in [1.82, 2.24) is 5.32 Å². The summed E-state index contributed by atoms with van der Waals surface area (Å²) in [7, 11) is 0. The Hall–Kier alpha value is -1.69. The highest BCUT2D eigenvalue weighted by Crippen LogP contribution is 2.12. The highest BCUT2D eigenvalue weighted by atomic mass is 16.3. The quantitative estimate of drug-likeness (QED) is 0.0382. The number of unbranched alkanes of at least 4 members (excludes halogenated alkanes) is 16. The molecule has 1 unspecified atom stereocenters. The molecule has 0 heterocycles. The first-order valence-electron chi connectivity index (χ1n) is 17.5. The van der Waals surface area contributed by atoms with Crippen molar-refractivity contribution in [3.63, 3.8) is 0 Å². The zero-order valence-corrected chi connectivity index (χ0v) is 27.4. The maximum Gasteiger partial charge on any atom is 0.220 e. The van der Waals surface area contributed by atoms with E-state index in [1.165, 1.54) is 96.3 Å². The van der Waals surface area contributed by atoms with Crippen LogP contribution in [0.4, 0.5) is 0 Å². The maximum atomic E-state index is 12.3. The number of aliphatic hydroxyl groups excluding tert-OH is 3. The molecule has 0 aromatic rings. The summed E-state index contributed by atoms with van der Waals surface area (Å²) in [5.74, 6) is -0.222. The highest BCUT2D eigenvalue weighted by molar-refractivity contribution is 5.76. The van der Waals surface area contributed by atoms with Gasteiger partial charge < -0.3 is 20.6 Å². The molecule has 244 valence electrons. The molecule has 0 aromatic heterocycles. The molecule has 1 amide bonds. The van der Waals surface area contributed by atoms with Gasteiger partial charge in [-0.05, 0) is 44.9 Å². The highest BCUT2D eigenvalue weighted by Gasteiger charge is 2.18. The summed E-state index contributed by atoms with van der Waals surface area (Å²) < 4.78 is 0. The second-order valence-corrected chi connectivity index (χ2v) is 11.8. The smallest absolute Gasteiger partial charge is 0.220 e. The van der Waals surface area contributed by atoms with Crippen LogP contribution in [0, 0.1) is 0 Å². The number of carbonyl (C=O) groups is 1. The van der Waals surface area contributed by atoms with Crippen LogP contribution in [0.3, 0.4) is 0 Å². The van der Waals surface area contributed by atoms with Gasteiger partial charge in [-0.3, -0.25) is 4.79 Å². The van der Waals surface area contributed by atoms with Crippen LogP contribution in [0.25, 0.3) is 0 Å². The summed E-state index contributed by atoms with van der Waals surface area (Å²) in [6.45, 7) is 4.18. The first-order valence-corrected chi connectivity index (χ1v) is 17.5. The minimum atomic E-state index is -0.909. The first kappa shape index (κ1) is 40.3. The zero-order valence-electron chi connectivity index (χ0n) is 27.4. The minimum Gasteiger partial charge on any atom is -0.394 e. The van der Waals surface area contributed by atoms with Crippen molar-refractivity contribution in [3.8, 4) is 0 Å². The van der Waals surface area contributed by atoms with E-state index in [0.717, 1.165) is 25.7 Å². The van der Waals surface area contributed by atoms with Crippen LogP contribution in [0.2, 0.25) is 0 Å². The molecule has 0 saturated carbocycles. The average Bonchev–Trinajstić information content (AvgIpc) is 2.98. The molecular weight excluding hydrogens is 522 g/mol. The molecule has 0 bridgehead atoms. The number of nitrogens with one attached hydrogen (secondary N) is 1. The lowest BCUT2D eigenvalue weighted by molar-refractivity contribution is -0.123. The Morgan fingerprint density at radius 3 is 1.76 bits per heavy atom. The Bertz CT molecular complexity index is 700. The predicted octanol–water partition coefficient (Wildman–Crippen LogP) is 9.03. The third-order valence-electron chi connectivity index (χ3n) is 7.66. The predicted molar refractivity (Wildman–Crippen MR) is 181 cm³/mol. The van der Waals surface area contributed by atoms with E-state index in [1.54, 1.807) is 12.2 Å². The first-order chi connectivity index (χ1) is 20.5. The number of hydrogen-bond donors (Lipinski definition) is 4.